The Morgan fingerprint density at radius 2 is 1.66 bits per heavy atom. The van der Waals surface area contributed by atoms with E-state index >= 15 is 0 Å². The lowest BCUT2D eigenvalue weighted by Crippen LogP contribution is -2.37. The highest BCUT2D eigenvalue weighted by Gasteiger charge is 2.32. The van der Waals surface area contributed by atoms with Crippen LogP contribution >= 0.6 is 23.2 Å². The molecule has 3 aliphatic rings. The monoisotopic (exact) mass is 518 g/mol. The molecule has 4 nitrogen and oxygen atoms in total. The molecule has 2 aromatic carbocycles. The first-order chi connectivity index (χ1) is 16.9. The average molecular weight is 519 g/mol. The van der Waals surface area contributed by atoms with Crippen molar-refractivity contribution in [1.82, 2.24) is 9.80 Å². The fraction of sp³-hybridized carbons (Fsp3) is 0.536. The van der Waals surface area contributed by atoms with Crippen LogP contribution < -0.4 is 4.74 Å². The van der Waals surface area contributed by atoms with Crippen molar-refractivity contribution in [1.29, 1.82) is 0 Å². The summed E-state index contributed by atoms with van der Waals surface area (Å²) in [4.78, 5) is 17.0. The van der Waals surface area contributed by atoms with Crippen LogP contribution in [0.1, 0.15) is 78.9 Å². The third-order valence-electron chi connectivity index (χ3n) is 7.78. The zero-order chi connectivity index (χ0) is 24.5. The van der Waals surface area contributed by atoms with Crippen LogP contribution in [0.25, 0.3) is 0 Å². The average Bonchev–Trinajstić information content (AvgIpc) is 3.54. The Morgan fingerprint density at radius 3 is 2.29 bits per heavy atom. The summed E-state index contributed by atoms with van der Waals surface area (Å²) in [6.45, 7) is 6.13. The molecule has 1 saturated carbocycles. The maximum atomic E-state index is 15.0. The molecule has 35 heavy (non-hydrogen) atoms. The molecule has 0 radical (unpaired) electrons. The second kappa shape index (κ2) is 10.7. The predicted octanol–water partition coefficient (Wildman–Crippen LogP) is 7.10. The fourth-order valence-corrected chi connectivity index (χ4v) is 5.95. The molecule has 0 N–H and O–H groups in total. The topological polar surface area (TPSA) is 32.8 Å². The summed E-state index contributed by atoms with van der Waals surface area (Å²) in [5.41, 5.74) is 2.33. The van der Waals surface area contributed by atoms with Crippen LogP contribution in [0.15, 0.2) is 30.3 Å². The van der Waals surface area contributed by atoms with E-state index in [2.05, 4.69) is 11.8 Å². The lowest BCUT2D eigenvalue weighted by molar-refractivity contribution is 0.0787. The van der Waals surface area contributed by atoms with E-state index in [4.69, 9.17) is 27.9 Å². The van der Waals surface area contributed by atoms with E-state index in [-0.39, 0.29) is 17.5 Å². The van der Waals surface area contributed by atoms with Gasteiger partial charge in [-0.05, 0) is 106 Å². The number of likely N-dealkylation sites (tertiary alicyclic amines) is 2. The highest BCUT2D eigenvalue weighted by atomic mass is 35.5. The summed E-state index contributed by atoms with van der Waals surface area (Å²) in [5, 5.41) is 1.32. The second-order valence-electron chi connectivity index (χ2n) is 10.3. The number of ether oxygens (including phenoxy) is 1. The van der Waals surface area contributed by atoms with Crippen LogP contribution in [-0.4, -0.2) is 48.5 Å². The standard InChI is InChI=1S/C28H33Cl2FN2O2/c1-18(21-12-22(29)14-23(30)13-21)32-10-6-19(7-11-32)17-35-27-16-26(31)25(15-24(27)20-4-5-20)28(34)33-8-2-3-9-33/h12-16,18-20H,2-11,17H2,1H3/t18-/m0/s1. The van der Waals surface area contributed by atoms with Crippen molar-refractivity contribution in [3.05, 3.63) is 62.9 Å². The molecular formula is C28H33Cl2FN2O2. The molecule has 2 saturated heterocycles. The summed E-state index contributed by atoms with van der Waals surface area (Å²) < 4.78 is 21.2. The van der Waals surface area contributed by atoms with Gasteiger partial charge in [-0.2, -0.15) is 0 Å². The Labute approximate surface area is 217 Å². The Bertz CT molecular complexity index is 1060. The first-order valence-corrected chi connectivity index (χ1v) is 13.6. The number of halogens is 3. The normalized spacial score (nSPS) is 20.3. The van der Waals surface area contributed by atoms with Gasteiger partial charge in [-0.1, -0.05) is 23.2 Å². The fourth-order valence-electron chi connectivity index (χ4n) is 5.41. The molecule has 2 aliphatic heterocycles. The van der Waals surface area contributed by atoms with Gasteiger partial charge < -0.3 is 9.64 Å². The van der Waals surface area contributed by atoms with Gasteiger partial charge in [0.05, 0.1) is 12.2 Å². The summed E-state index contributed by atoms with van der Waals surface area (Å²) in [5.74, 6) is 0.763. The number of carbonyl (C=O) groups is 1. The van der Waals surface area contributed by atoms with Crippen molar-refractivity contribution in [2.75, 3.05) is 32.8 Å². The lowest BCUT2D eigenvalue weighted by atomic mass is 9.95. The van der Waals surface area contributed by atoms with Crippen LogP contribution in [0.4, 0.5) is 4.39 Å². The molecule has 7 heteroatoms. The number of hydrogen-bond acceptors (Lipinski definition) is 3. The van der Waals surface area contributed by atoms with Gasteiger partial charge in [0.15, 0.2) is 0 Å². The minimum absolute atomic E-state index is 0.184. The van der Waals surface area contributed by atoms with Crippen LogP contribution in [0.3, 0.4) is 0 Å². The molecular weight excluding hydrogens is 486 g/mol. The highest BCUT2D eigenvalue weighted by Crippen LogP contribution is 2.45. The summed E-state index contributed by atoms with van der Waals surface area (Å²) >= 11 is 12.4. The molecule has 0 spiro atoms. The Balaban J connectivity index is 1.20. The van der Waals surface area contributed by atoms with Gasteiger partial charge in [-0.15, -0.1) is 0 Å². The third kappa shape index (κ3) is 5.79. The zero-order valence-corrected chi connectivity index (χ0v) is 21.8. The molecule has 2 aromatic rings. The molecule has 1 amide bonds. The molecule has 3 fully saturated rings. The maximum absolute atomic E-state index is 15.0. The highest BCUT2D eigenvalue weighted by molar-refractivity contribution is 6.34. The van der Waals surface area contributed by atoms with Crippen LogP contribution in [0, 0.1) is 11.7 Å². The Kier molecular flexibility index (Phi) is 7.57. The van der Waals surface area contributed by atoms with E-state index in [9.17, 15) is 9.18 Å². The van der Waals surface area contributed by atoms with Crippen LogP contribution in [-0.2, 0) is 0 Å². The minimum atomic E-state index is -0.467. The van der Waals surface area contributed by atoms with Crippen molar-refractivity contribution >= 4 is 29.1 Å². The van der Waals surface area contributed by atoms with Crippen molar-refractivity contribution in [2.24, 2.45) is 5.92 Å². The predicted molar refractivity (Wildman–Crippen MR) is 138 cm³/mol. The molecule has 1 aliphatic carbocycles. The zero-order valence-electron chi connectivity index (χ0n) is 20.2. The molecule has 0 aromatic heterocycles. The second-order valence-corrected chi connectivity index (χ2v) is 11.2. The van der Waals surface area contributed by atoms with Crippen LogP contribution in [0.2, 0.25) is 10.0 Å². The molecule has 2 heterocycles. The Morgan fingerprint density at radius 1 is 1.00 bits per heavy atom. The van der Waals surface area contributed by atoms with Crippen molar-refractivity contribution in [3.63, 3.8) is 0 Å². The number of amides is 1. The first-order valence-electron chi connectivity index (χ1n) is 12.8. The molecule has 188 valence electrons. The SMILES string of the molecule is C[C@@H](c1cc(Cl)cc(Cl)c1)N1CCC(COc2cc(F)c(C(=O)N3CCCC3)cc2C2CC2)CC1. The van der Waals surface area contributed by atoms with E-state index < -0.39 is 5.82 Å². The van der Waals surface area contributed by atoms with Crippen molar-refractivity contribution < 1.29 is 13.9 Å². The number of rotatable bonds is 7. The van der Waals surface area contributed by atoms with Gasteiger partial charge in [-0.3, -0.25) is 9.69 Å². The van der Waals surface area contributed by atoms with Gasteiger partial charge >= 0.3 is 0 Å². The van der Waals surface area contributed by atoms with E-state index in [0.29, 0.717) is 34.2 Å². The number of piperidine rings is 1. The van der Waals surface area contributed by atoms with E-state index in [1.165, 1.54) is 6.07 Å². The maximum Gasteiger partial charge on any atom is 0.256 e. The van der Waals surface area contributed by atoms with Gasteiger partial charge in [0, 0.05) is 35.2 Å². The minimum Gasteiger partial charge on any atom is -0.493 e. The number of hydrogen-bond donors (Lipinski definition) is 0. The van der Waals surface area contributed by atoms with E-state index in [1.807, 2.05) is 12.1 Å². The number of nitrogens with zero attached hydrogens (tertiary/aromatic N) is 2. The van der Waals surface area contributed by atoms with Crippen molar-refractivity contribution in [2.45, 2.75) is 57.4 Å². The van der Waals surface area contributed by atoms with E-state index in [1.54, 1.807) is 17.0 Å². The largest absolute Gasteiger partial charge is 0.493 e. The lowest BCUT2D eigenvalue weighted by Gasteiger charge is -2.36. The quantitative estimate of drug-likeness (QED) is 0.391. The molecule has 0 unspecified atom stereocenters. The van der Waals surface area contributed by atoms with Gasteiger partial charge in [0.2, 0.25) is 0 Å². The number of carbonyl (C=O) groups excluding carboxylic acids is 1. The Hall–Kier alpha value is -1.82. The first kappa shape index (κ1) is 24.9. The van der Waals surface area contributed by atoms with Gasteiger partial charge in [-0.25, -0.2) is 4.39 Å². The summed E-state index contributed by atoms with van der Waals surface area (Å²) in [6, 6.07) is 9.19. The van der Waals surface area contributed by atoms with Crippen molar-refractivity contribution in [3.8, 4) is 5.75 Å². The smallest absolute Gasteiger partial charge is 0.256 e. The molecule has 1 atom stereocenters. The third-order valence-corrected chi connectivity index (χ3v) is 8.22. The van der Waals surface area contributed by atoms with Crippen LogP contribution in [0.5, 0.6) is 5.75 Å². The molecule has 0 bridgehead atoms. The van der Waals surface area contributed by atoms with E-state index in [0.717, 1.165) is 75.8 Å². The molecule has 5 rings (SSSR count). The summed E-state index contributed by atoms with van der Waals surface area (Å²) in [7, 11) is 0. The summed E-state index contributed by atoms with van der Waals surface area (Å²) in [6.07, 6.45) is 6.17. The van der Waals surface area contributed by atoms with Gasteiger partial charge in [0.1, 0.15) is 11.6 Å². The number of benzene rings is 2. The van der Waals surface area contributed by atoms with Gasteiger partial charge in [0.25, 0.3) is 5.91 Å².